The predicted octanol–water partition coefficient (Wildman–Crippen LogP) is 9.55. The van der Waals surface area contributed by atoms with Crippen LogP contribution >= 0.6 is 0 Å². The monoisotopic (exact) mass is 477 g/mol. The molecule has 0 spiro atoms. The Morgan fingerprint density at radius 3 is 1.57 bits per heavy atom. The molecule has 0 aliphatic heterocycles. The van der Waals surface area contributed by atoms with Crippen LogP contribution in [0, 0.1) is 23.7 Å². The summed E-state index contributed by atoms with van der Waals surface area (Å²) in [5.41, 5.74) is 1.11. The molecule has 0 radical (unpaired) electrons. The molecule has 0 saturated heterocycles. The number of ether oxygens (including phenoxy) is 1. The first-order valence-corrected chi connectivity index (χ1v) is 14.5. The Labute approximate surface area is 217 Å². The molecule has 0 aromatic heterocycles. The zero-order chi connectivity index (χ0) is 25.1. The van der Waals surface area contributed by atoms with Gasteiger partial charge in [-0.05, 0) is 60.9 Å². The summed E-state index contributed by atoms with van der Waals surface area (Å²) in [6, 6.07) is 8.12. The Balaban J connectivity index is 1.82. The van der Waals surface area contributed by atoms with E-state index in [0.717, 1.165) is 37.2 Å². The molecule has 0 bridgehead atoms. The first-order valence-electron chi connectivity index (χ1n) is 14.5. The first-order chi connectivity index (χ1) is 17.4. The standard InChI is InChI=1S/C33H51NO/c1-3-4-5-6-7-8-9-10-11-12-13-14-15-16-17-18-19-20-21-22-23-24-25-30-35-33-28-26-32(27-29-33)31-34-2/h26-29,31H,3-13,18-25,30H2,1-2H3/b34-31+. The van der Waals surface area contributed by atoms with Gasteiger partial charge in [0.05, 0.1) is 6.61 Å². The van der Waals surface area contributed by atoms with Gasteiger partial charge in [-0.25, -0.2) is 0 Å². The fourth-order valence-electron chi connectivity index (χ4n) is 4.10. The van der Waals surface area contributed by atoms with E-state index in [0.29, 0.717) is 0 Å². The van der Waals surface area contributed by atoms with Gasteiger partial charge in [-0.3, -0.25) is 4.99 Å². The number of unbranched alkanes of at least 4 members (excludes halogenated alkanes) is 17. The molecule has 0 heterocycles. The Kier molecular flexibility index (Phi) is 22.0. The van der Waals surface area contributed by atoms with Gasteiger partial charge in [0.2, 0.25) is 0 Å². The van der Waals surface area contributed by atoms with Crippen molar-refractivity contribution in [1.29, 1.82) is 0 Å². The van der Waals surface area contributed by atoms with E-state index in [9.17, 15) is 0 Å². The normalized spacial score (nSPS) is 10.6. The summed E-state index contributed by atoms with van der Waals surface area (Å²) >= 11 is 0. The van der Waals surface area contributed by atoms with E-state index in [1.807, 2.05) is 30.5 Å². The molecule has 0 aliphatic rings. The fraction of sp³-hybridized carbons (Fsp3) is 0.667. The highest BCUT2D eigenvalue weighted by Gasteiger charge is 1.96. The quantitative estimate of drug-likeness (QED) is 0.0981. The molecule has 0 amide bonds. The van der Waals surface area contributed by atoms with Gasteiger partial charge in [-0.2, -0.15) is 0 Å². The third-order valence-electron chi connectivity index (χ3n) is 6.27. The third-order valence-corrected chi connectivity index (χ3v) is 6.27. The summed E-state index contributed by atoms with van der Waals surface area (Å²) in [5, 5.41) is 0. The van der Waals surface area contributed by atoms with E-state index in [1.165, 1.54) is 103 Å². The fourth-order valence-corrected chi connectivity index (χ4v) is 4.10. The van der Waals surface area contributed by atoms with Crippen LogP contribution in [0.1, 0.15) is 134 Å². The molecule has 1 rings (SSSR count). The van der Waals surface area contributed by atoms with Gasteiger partial charge in [0.1, 0.15) is 5.75 Å². The lowest BCUT2D eigenvalue weighted by Gasteiger charge is -2.06. The summed E-state index contributed by atoms with van der Waals surface area (Å²) in [6.07, 6.45) is 26.4. The van der Waals surface area contributed by atoms with Gasteiger partial charge >= 0.3 is 0 Å². The van der Waals surface area contributed by atoms with Crippen LogP contribution in [0.15, 0.2) is 29.3 Å². The van der Waals surface area contributed by atoms with Gasteiger partial charge in [0.15, 0.2) is 0 Å². The smallest absolute Gasteiger partial charge is 0.119 e. The molecule has 0 N–H and O–H groups in total. The molecular weight excluding hydrogens is 426 g/mol. The van der Waals surface area contributed by atoms with Crippen molar-refractivity contribution in [2.24, 2.45) is 4.99 Å². The van der Waals surface area contributed by atoms with E-state index in [-0.39, 0.29) is 0 Å². The maximum absolute atomic E-state index is 5.82. The van der Waals surface area contributed by atoms with E-state index >= 15 is 0 Å². The maximum Gasteiger partial charge on any atom is 0.119 e. The molecule has 0 fully saturated rings. The molecule has 0 unspecified atom stereocenters. The zero-order valence-electron chi connectivity index (χ0n) is 22.9. The summed E-state index contributed by atoms with van der Waals surface area (Å²) in [4.78, 5) is 4.02. The summed E-state index contributed by atoms with van der Waals surface area (Å²) in [7, 11) is 1.79. The number of hydrogen-bond acceptors (Lipinski definition) is 2. The molecule has 2 heteroatoms. The molecule has 1 aromatic rings. The van der Waals surface area contributed by atoms with Crippen LogP contribution in [-0.2, 0) is 0 Å². The van der Waals surface area contributed by atoms with Crippen LogP contribution < -0.4 is 4.74 Å². The summed E-state index contributed by atoms with van der Waals surface area (Å²) < 4.78 is 5.82. The second-order valence-corrected chi connectivity index (χ2v) is 9.57. The van der Waals surface area contributed by atoms with Crippen LogP contribution in [0.2, 0.25) is 0 Å². The van der Waals surface area contributed by atoms with Crippen molar-refractivity contribution in [3.8, 4) is 29.4 Å². The third kappa shape index (κ3) is 20.9. The van der Waals surface area contributed by atoms with Crippen molar-refractivity contribution in [2.75, 3.05) is 13.7 Å². The van der Waals surface area contributed by atoms with E-state index in [1.54, 1.807) is 7.05 Å². The Bertz CT molecular complexity index is 741. The highest BCUT2D eigenvalue weighted by molar-refractivity contribution is 5.79. The van der Waals surface area contributed by atoms with Gasteiger partial charge in [-0.1, -0.05) is 109 Å². The largest absolute Gasteiger partial charge is 0.494 e. The lowest BCUT2D eigenvalue weighted by Crippen LogP contribution is -1.97. The van der Waals surface area contributed by atoms with Crippen molar-refractivity contribution < 1.29 is 4.74 Å². The van der Waals surface area contributed by atoms with Gasteiger partial charge in [-0.15, -0.1) is 0 Å². The topological polar surface area (TPSA) is 21.6 Å². The highest BCUT2D eigenvalue weighted by Crippen LogP contribution is 2.13. The Hall–Kier alpha value is -2.19. The lowest BCUT2D eigenvalue weighted by atomic mass is 10.1. The van der Waals surface area contributed by atoms with Crippen molar-refractivity contribution in [1.82, 2.24) is 0 Å². The molecule has 0 saturated carbocycles. The van der Waals surface area contributed by atoms with Gasteiger partial charge in [0, 0.05) is 26.1 Å². The minimum absolute atomic E-state index is 0.803. The van der Waals surface area contributed by atoms with Crippen LogP contribution in [-0.4, -0.2) is 19.9 Å². The molecule has 1 aromatic carbocycles. The number of aliphatic imine (C=N–C) groups is 1. The Morgan fingerprint density at radius 2 is 1.09 bits per heavy atom. The lowest BCUT2D eigenvalue weighted by molar-refractivity contribution is 0.304. The molecule has 0 aliphatic carbocycles. The molecule has 194 valence electrons. The van der Waals surface area contributed by atoms with Crippen LogP contribution in [0.25, 0.3) is 0 Å². The second-order valence-electron chi connectivity index (χ2n) is 9.57. The SMILES string of the molecule is CCCCCCCCCCCCC#CC#CCCCCCCCCCOc1ccc(/C=N/C)cc1. The number of benzene rings is 1. The average Bonchev–Trinajstić information content (AvgIpc) is 2.88. The maximum atomic E-state index is 5.82. The van der Waals surface area contributed by atoms with Crippen molar-refractivity contribution >= 4 is 6.21 Å². The highest BCUT2D eigenvalue weighted by atomic mass is 16.5. The summed E-state index contributed by atoms with van der Waals surface area (Å²) in [5.74, 6) is 13.5. The predicted molar refractivity (Wildman–Crippen MR) is 154 cm³/mol. The van der Waals surface area contributed by atoms with Crippen molar-refractivity contribution in [2.45, 2.75) is 129 Å². The van der Waals surface area contributed by atoms with Crippen molar-refractivity contribution in [3.63, 3.8) is 0 Å². The Morgan fingerprint density at radius 1 is 0.629 bits per heavy atom. The minimum Gasteiger partial charge on any atom is -0.494 e. The first kappa shape index (κ1) is 30.8. The minimum atomic E-state index is 0.803. The molecule has 2 nitrogen and oxygen atoms in total. The average molecular weight is 478 g/mol. The van der Waals surface area contributed by atoms with Crippen LogP contribution in [0.4, 0.5) is 0 Å². The molecular formula is C33H51NO. The van der Waals surface area contributed by atoms with Crippen molar-refractivity contribution in [3.05, 3.63) is 29.8 Å². The zero-order valence-corrected chi connectivity index (χ0v) is 22.9. The summed E-state index contributed by atoms with van der Waals surface area (Å²) in [6.45, 7) is 3.08. The molecule has 0 atom stereocenters. The second kappa shape index (κ2) is 24.9. The van der Waals surface area contributed by atoms with Crippen LogP contribution in [0.5, 0.6) is 5.75 Å². The number of hydrogen-bond donors (Lipinski definition) is 0. The van der Waals surface area contributed by atoms with E-state index < -0.39 is 0 Å². The number of nitrogens with zero attached hydrogens (tertiary/aromatic N) is 1. The molecule has 35 heavy (non-hydrogen) atoms. The van der Waals surface area contributed by atoms with E-state index in [2.05, 4.69) is 35.6 Å². The van der Waals surface area contributed by atoms with E-state index in [4.69, 9.17) is 4.74 Å². The number of rotatable bonds is 21. The van der Waals surface area contributed by atoms with Crippen LogP contribution in [0.3, 0.4) is 0 Å². The van der Waals surface area contributed by atoms with Gasteiger partial charge < -0.3 is 4.74 Å². The van der Waals surface area contributed by atoms with Gasteiger partial charge in [0.25, 0.3) is 0 Å².